The molecule has 2 rings (SSSR count). The van der Waals surface area contributed by atoms with E-state index in [4.69, 9.17) is 24.7 Å². The second kappa shape index (κ2) is 25.5. The highest BCUT2D eigenvalue weighted by atomic mass is 16.5. The van der Waals surface area contributed by atoms with Gasteiger partial charge in [-0.3, -0.25) is 9.59 Å². The summed E-state index contributed by atoms with van der Waals surface area (Å²) >= 11 is 0. The van der Waals surface area contributed by atoms with Crippen molar-refractivity contribution in [2.45, 2.75) is 111 Å². The Morgan fingerprint density at radius 3 is 1.40 bits per heavy atom. The number of ether oxygens (including phenoxy) is 4. The summed E-state index contributed by atoms with van der Waals surface area (Å²) < 4.78 is 23.8. The van der Waals surface area contributed by atoms with Crippen LogP contribution < -0.4 is 24.7 Å². The summed E-state index contributed by atoms with van der Waals surface area (Å²) in [4.78, 5) is 25.3. The molecule has 0 amide bonds. The summed E-state index contributed by atoms with van der Waals surface area (Å²) in [7, 11) is 0. The molecule has 0 radical (unpaired) electrons. The van der Waals surface area contributed by atoms with Crippen molar-refractivity contribution in [3.8, 4) is 23.0 Å². The molecule has 0 saturated carbocycles. The van der Waals surface area contributed by atoms with Crippen LogP contribution >= 0.6 is 0 Å². The number of rotatable bonds is 28. The Kier molecular flexibility index (Phi) is 21.5. The topological polar surface area (TPSA) is 97.1 Å². The number of hydrogen-bond acceptors (Lipinski definition) is 7. The quantitative estimate of drug-likeness (QED) is 0.0557. The molecular formula is C40H59NO6. The smallest absolute Gasteiger partial charge is 0.163 e. The molecule has 0 atom stereocenters. The third kappa shape index (κ3) is 17.8. The molecular weight excluding hydrogens is 590 g/mol. The molecule has 0 aliphatic rings. The van der Waals surface area contributed by atoms with Crippen LogP contribution in [0.1, 0.15) is 122 Å². The van der Waals surface area contributed by atoms with Gasteiger partial charge >= 0.3 is 0 Å². The summed E-state index contributed by atoms with van der Waals surface area (Å²) in [6, 6.07) is 11.2. The van der Waals surface area contributed by atoms with Crippen molar-refractivity contribution in [2.75, 3.05) is 33.0 Å². The van der Waals surface area contributed by atoms with Crippen LogP contribution in [-0.2, 0) is 9.59 Å². The van der Waals surface area contributed by atoms with Crippen molar-refractivity contribution in [3.63, 3.8) is 0 Å². The van der Waals surface area contributed by atoms with Gasteiger partial charge < -0.3 is 24.7 Å². The monoisotopic (exact) mass is 649 g/mol. The molecule has 2 N–H and O–H groups in total. The van der Waals surface area contributed by atoms with Crippen LogP contribution in [0.25, 0.3) is 12.2 Å². The minimum atomic E-state index is -0.274. The number of ketones is 2. The maximum Gasteiger partial charge on any atom is 0.163 e. The molecule has 7 heteroatoms. The Bertz CT molecular complexity index is 1130. The maximum atomic E-state index is 12.6. The minimum absolute atomic E-state index is 0.217. The van der Waals surface area contributed by atoms with E-state index in [-0.39, 0.29) is 18.0 Å². The standard InChI is InChI=1S/C40H59NO6/c1-4-7-9-11-13-15-27-45-39-30-33(19-23-37(39)44-26-6-3)17-21-35(42)32-36(43)22-18-34-20-24-38(47-29-25-41)40(31-34)46-28-16-14-12-10-8-5-2/h17-24,30-31H,4-16,25-29,32,41H2,1-3H3/b21-17+,22-18+. The van der Waals surface area contributed by atoms with Crippen LogP contribution in [-0.4, -0.2) is 44.5 Å². The Hall–Kier alpha value is -3.58. The zero-order valence-electron chi connectivity index (χ0n) is 29.2. The van der Waals surface area contributed by atoms with Crippen LogP contribution in [0, 0.1) is 0 Å². The Labute approximate surface area is 283 Å². The van der Waals surface area contributed by atoms with Gasteiger partial charge in [0.25, 0.3) is 0 Å². The van der Waals surface area contributed by atoms with Crippen molar-refractivity contribution in [1.29, 1.82) is 0 Å². The van der Waals surface area contributed by atoms with Gasteiger partial charge in [-0.25, -0.2) is 0 Å². The van der Waals surface area contributed by atoms with Crippen molar-refractivity contribution >= 4 is 23.7 Å². The summed E-state index contributed by atoms with van der Waals surface area (Å²) in [5, 5.41) is 0. The molecule has 0 aliphatic heterocycles. The highest BCUT2D eigenvalue weighted by Crippen LogP contribution is 2.30. The normalized spacial score (nSPS) is 11.3. The lowest BCUT2D eigenvalue weighted by molar-refractivity contribution is -0.121. The summed E-state index contributed by atoms with van der Waals surface area (Å²) in [6.07, 6.45) is 21.2. The van der Waals surface area contributed by atoms with Gasteiger partial charge in [0.05, 0.1) is 26.2 Å². The first-order valence-corrected chi connectivity index (χ1v) is 17.9. The number of carbonyl (C=O) groups excluding carboxylic acids is 2. The van der Waals surface area contributed by atoms with Crippen molar-refractivity contribution in [3.05, 3.63) is 59.7 Å². The van der Waals surface area contributed by atoms with E-state index >= 15 is 0 Å². The van der Waals surface area contributed by atoms with E-state index in [1.54, 1.807) is 12.2 Å². The second-order valence-electron chi connectivity index (χ2n) is 11.9. The molecule has 0 heterocycles. The fourth-order valence-corrected chi connectivity index (χ4v) is 4.90. The van der Waals surface area contributed by atoms with Gasteiger partial charge in [-0.05, 0) is 66.8 Å². The molecule has 2 aromatic carbocycles. The molecule has 7 nitrogen and oxygen atoms in total. The molecule has 0 saturated heterocycles. The lowest BCUT2D eigenvalue weighted by Crippen LogP contribution is -2.11. The van der Waals surface area contributed by atoms with E-state index < -0.39 is 0 Å². The average Bonchev–Trinajstić information content (AvgIpc) is 3.08. The molecule has 0 fully saturated rings. The number of benzene rings is 2. The van der Waals surface area contributed by atoms with Gasteiger partial charge in [0.2, 0.25) is 0 Å². The van der Waals surface area contributed by atoms with Crippen LogP contribution in [0.5, 0.6) is 23.0 Å². The molecule has 47 heavy (non-hydrogen) atoms. The van der Waals surface area contributed by atoms with E-state index in [9.17, 15) is 9.59 Å². The molecule has 0 unspecified atom stereocenters. The molecule has 0 aromatic heterocycles. The van der Waals surface area contributed by atoms with Crippen LogP contribution in [0.2, 0.25) is 0 Å². The van der Waals surface area contributed by atoms with Gasteiger partial charge in [0.1, 0.15) is 6.61 Å². The van der Waals surface area contributed by atoms with Crippen molar-refractivity contribution in [2.24, 2.45) is 5.73 Å². The Morgan fingerprint density at radius 1 is 0.532 bits per heavy atom. The van der Waals surface area contributed by atoms with E-state index in [1.165, 1.54) is 63.5 Å². The first-order chi connectivity index (χ1) is 23.0. The van der Waals surface area contributed by atoms with Gasteiger partial charge in [0, 0.05) is 6.54 Å². The SMILES string of the molecule is CCCCCCCCOc1cc(/C=C/C(=O)CC(=O)/C=C/c2ccc(OCCN)c(OCCCCCCCC)c2)ccc1OCCC. The molecule has 0 spiro atoms. The number of unbranched alkanes of at least 4 members (excludes halogenated alkanes) is 10. The van der Waals surface area contributed by atoms with E-state index in [2.05, 4.69) is 20.8 Å². The maximum absolute atomic E-state index is 12.6. The van der Waals surface area contributed by atoms with Gasteiger partial charge in [-0.1, -0.05) is 109 Å². The van der Waals surface area contributed by atoms with E-state index in [1.807, 2.05) is 36.4 Å². The Balaban J connectivity index is 1.94. The number of allylic oxidation sites excluding steroid dienone is 2. The predicted molar refractivity (Wildman–Crippen MR) is 194 cm³/mol. The molecule has 260 valence electrons. The molecule has 2 aromatic rings. The van der Waals surface area contributed by atoms with E-state index in [0.717, 1.165) is 43.2 Å². The summed E-state index contributed by atoms with van der Waals surface area (Å²) in [5.41, 5.74) is 7.22. The van der Waals surface area contributed by atoms with E-state index in [0.29, 0.717) is 56.0 Å². The fraction of sp³-hybridized carbons (Fsp3) is 0.550. The minimum Gasteiger partial charge on any atom is -0.490 e. The number of hydrogen-bond donors (Lipinski definition) is 1. The van der Waals surface area contributed by atoms with Crippen molar-refractivity contribution < 1.29 is 28.5 Å². The highest BCUT2D eigenvalue weighted by Gasteiger charge is 2.09. The third-order valence-corrected chi connectivity index (χ3v) is 7.56. The highest BCUT2D eigenvalue weighted by molar-refractivity contribution is 6.10. The molecule has 0 bridgehead atoms. The number of carbonyl (C=O) groups is 2. The van der Waals surface area contributed by atoms with Crippen LogP contribution in [0.4, 0.5) is 0 Å². The lowest BCUT2D eigenvalue weighted by Gasteiger charge is -2.13. The first-order valence-electron chi connectivity index (χ1n) is 17.9. The number of nitrogens with two attached hydrogens (primary N) is 1. The third-order valence-electron chi connectivity index (χ3n) is 7.56. The first kappa shape index (κ1) is 39.6. The van der Waals surface area contributed by atoms with Crippen LogP contribution in [0.15, 0.2) is 48.6 Å². The van der Waals surface area contributed by atoms with Crippen LogP contribution in [0.3, 0.4) is 0 Å². The van der Waals surface area contributed by atoms with Gasteiger partial charge in [-0.15, -0.1) is 0 Å². The largest absolute Gasteiger partial charge is 0.490 e. The van der Waals surface area contributed by atoms with Gasteiger partial charge in [-0.2, -0.15) is 0 Å². The lowest BCUT2D eigenvalue weighted by atomic mass is 10.1. The second-order valence-corrected chi connectivity index (χ2v) is 11.9. The summed E-state index contributed by atoms with van der Waals surface area (Å²) in [6.45, 7) is 9.12. The average molecular weight is 650 g/mol. The zero-order valence-corrected chi connectivity index (χ0v) is 29.2. The van der Waals surface area contributed by atoms with Crippen molar-refractivity contribution in [1.82, 2.24) is 0 Å². The molecule has 0 aliphatic carbocycles. The fourth-order valence-electron chi connectivity index (χ4n) is 4.90. The zero-order chi connectivity index (χ0) is 34.0. The van der Waals surface area contributed by atoms with Gasteiger partial charge in [0.15, 0.2) is 34.6 Å². The summed E-state index contributed by atoms with van der Waals surface area (Å²) in [5.74, 6) is 2.10. The Morgan fingerprint density at radius 2 is 0.957 bits per heavy atom. The predicted octanol–water partition coefficient (Wildman–Crippen LogP) is 9.55.